The fourth-order valence-electron chi connectivity index (χ4n) is 2.70. The van der Waals surface area contributed by atoms with Crippen molar-refractivity contribution < 1.29 is 29.7 Å². The van der Waals surface area contributed by atoms with Gasteiger partial charge in [-0.3, -0.25) is 24.2 Å². The van der Waals surface area contributed by atoms with E-state index >= 15 is 0 Å². The standard InChI is InChI=1S/C15H27N3O6S2/c1-10(13(19)20)16-4-5-17(11(2)14(21)22)8-9-26(25)18(7-6-16)12(3)15(23)24/h10-12H,4-9H2,1-3H3,(H,19,20)(H,21,22)(H,23,24). The Morgan fingerprint density at radius 2 is 1.15 bits per heavy atom. The first-order valence-corrected chi connectivity index (χ1v) is 10.7. The molecular formula is C15H27N3O6S2. The van der Waals surface area contributed by atoms with Gasteiger partial charge in [-0.25, -0.2) is 4.31 Å². The van der Waals surface area contributed by atoms with E-state index in [0.29, 0.717) is 38.5 Å². The van der Waals surface area contributed by atoms with Gasteiger partial charge in [-0.1, -0.05) is 9.64 Å². The van der Waals surface area contributed by atoms with Gasteiger partial charge in [0.1, 0.15) is 18.1 Å². The Kier molecular flexibility index (Phi) is 9.04. The van der Waals surface area contributed by atoms with E-state index in [1.165, 1.54) is 0 Å². The maximum absolute atomic E-state index is 11.4. The van der Waals surface area contributed by atoms with E-state index in [1.54, 1.807) is 34.9 Å². The molecule has 1 aliphatic heterocycles. The van der Waals surface area contributed by atoms with E-state index in [-0.39, 0.29) is 0 Å². The van der Waals surface area contributed by atoms with Crippen LogP contribution in [0.2, 0.25) is 0 Å². The van der Waals surface area contributed by atoms with Crippen LogP contribution in [-0.2, 0) is 35.2 Å². The van der Waals surface area contributed by atoms with Gasteiger partial charge in [0.2, 0.25) is 0 Å². The van der Waals surface area contributed by atoms with Crippen LogP contribution in [0.5, 0.6) is 0 Å². The predicted octanol–water partition coefficient (Wildman–Crippen LogP) is -0.679. The van der Waals surface area contributed by atoms with Crippen molar-refractivity contribution in [1.82, 2.24) is 14.1 Å². The summed E-state index contributed by atoms with van der Waals surface area (Å²) in [7, 11) is -0.788. The smallest absolute Gasteiger partial charge is 0.321 e. The van der Waals surface area contributed by atoms with Crippen LogP contribution in [0.15, 0.2) is 0 Å². The third-order valence-corrected chi connectivity index (χ3v) is 7.32. The molecule has 3 N–H and O–H groups in total. The number of nitrogens with zero attached hydrogens (tertiary/aromatic N) is 3. The van der Waals surface area contributed by atoms with Crippen LogP contribution in [0.3, 0.4) is 0 Å². The van der Waals surface area contributed by atoms with Gasteiger partial charge in [-0.2, -0.15) is 0 Å². The Hall–Kier alpha value is -1.14. The molecule has 0 radical (unpaired) electrons. The molecule has 1 saturated heterocycles. The minimum Gasteiger partial charge on any atom is -0.480 e. The molecule has 0 bridgehead atoms. The molecule has 0 aromatic carbocycles. The topological polar surface area (TPSA) is 122 Å². The summed E-state index contributed by atoms with van der Waals surface area (Å²) in [5, 5.41) is 28.0. The molecule has 0 saturated carbocycles. The summed E-state index contributed by atoms with van der Waals surface area (Å²) < 4.78 is 1.69. The Bertz CT molecular complexity index is 561. The van der Waals surface area contributed by atoms with Crippen molar-refractivity contribution >= 4 is 38.7 Å². The maximum atomic E-state index is 11.4. The van der Waals surface area contributed by atoms with Gasteiger partial charge < -0.3 is 15.3 Å². The number of hydrogen-bond acceptors (Lipinski definition) is 6. The third-order valence-electron chi connectivity index (χ3n) is 4.70. The van der Waals surface area contributed by atoms with E-state index < -0.39 is 45.7 Å². The second-order valence-corrected chi connectivity index (χ2v) is 8.96. The van der Waals surface area contributed by atoms with Crippen molar-refractivity contribution in [3.05, 3.63) is 0 Å². The zero-order valence-electron chi connectivity index (χ0n) is 15.2. The van der Waals surface area contributed by atoms with Crippen molar-refractivity contribution in [2.24, 2.45) is 0 Å². The van der Waals surface area contributed by atoms with Crippen molar-refractivity contribution in [3.63, 3.8) is 0 Å². The number of carboxylic acid groups (broad SMARTS) is 3. The van der Waals surface area contributed by atoms with E-state index in [9.17, 15) is 29.7 Å². The maximum Gasteiger partial charge on any atom is 0.321 e. The first-order chi connectivity index (χ1) is 12.1. The van der Waals surface area contributed by atoms with Crippen LogP contribution in [0.1, 0.15) is 20.8 Å². The Balaban J connectivity index is 3.08. The Morgan fingerprint density at radius 1 is 0.769 bits per heavy atom. The lowest BCUT2D eigenvalue weighted by Gasteiger charge is -2.37. The van der Waals surface area contributed by atoms with Crippen molar-refractivity contribution in [2.45, 2.75) is 38.9 Å². The highest BCUT2D eigenvalue weighted by atomic mass is 32.8. The predicted molar refractivity (Wildman–Crippen MR) is 101 cm³/mol. The second-order valence-electron chi connectivity index (χ2n) is 6.28. The molecule has 0 aliphatic carbocycles. The van der Waals surface area contributed by atoms with Crippen LogP contribution < -0.4 is 0 Å². The minimum atomic E-state index is -0.988. The summed E-state index contributed by atoms with van der Waals surface area (Å²) in [6, 6.07) is -2.28. The van der Waals surface area contributed by atoms with Gasteiger partial charge >= 0.3 is 17.9 Å². The summed E-state index contributed by atoms with van der Waals surface area (Å²) in [6.45, 7) is 6.61. The Morgan fingerprint density at radius 3 is 1.58 bits per heavy atom. The molecule has 1 heterocycles. The molecule has 11 heteroatoms. The number of aliphatic carboxylic acids is 3. The summed E-state index contributed by atoms with van der Waals surface area (Å²) in [5.74, 6) is -2.44. The molecule has 1 rings (SSSR count). The van der Waals surface area contributed by atoms with E-state index in [1.807, 2.05) is 0 Å². The zero-order chi connectivity index (χ0) is 20.0. The van der Waals surface area contributed by atoms with Crippen molar-refractivity contribution in [1.29, 1.82) is 0 Å². The molecule has 26 heavy (non-hydrogen) atoms. The van der Waals surface area contributed by atoms with E-state index in [2.05, 4.69) is 0 Å². The quantitative estimate of drug-likeness (QED) is 0.520. The Labute approximate surface area is 160 Å². The molecule has 1 aliphatic rings. The lowest BCUT2D eigenvalue weighted by atomic mass is 10.2. The first kappa shape index (κ1) is 22.9. The molecule has 150 valence electrons. The van der Waals surface area contributed by atoms with Gasteiger partial charge in [0.25, 0.3) is 0 Å². The van der Waals surface area contributed by atoms with Crippen LogP contribution in [0, 0.1) is 0 Å². The molecule has 1 fully saturated rings. The normalized spacial score (nSPS) is 25.1. The number of hydrogen-bond donors (Lipinski definition) is 3. The fraction of sp³-hybridized carbons (Fsp3) is 0.800. The zero-order valence-corrected chi connectivity index (χ0v) is 16.8. The minimum absolute atomic E-state index is 0.348. The summed E-state index contributed by atoms with van der Waals surface area (Å²) in [6.07, 6.45) is 0. The van der Waals surface area contributed by atoms with Crippen LogP contribution in [0.4, 0.5) is 0 Å². The molecule has 0 aromatic heterocycles. The number of carboxylic acids is 3. The van der Waals surface area contributed by atoms with Gasteiger partial charge in [-0.15, -0.1) is 0 Å². The number of carbonyl (C=O) groups is 3. The average molecular weight is 410 g/mol. The lowest BCUT2D eigenvalue weighted by molar-refractivity contribution is -0.145. The molecule has 9 nitrogen and oxygen atoms in total. The van der Waals surface area contributed by atoms with Gasteiger partial charge in [0.05, 0.1) is 0 Å². The van der Waals surface area contributed by atoms with E-state index in [4.69, 9.17) is 11.2 Å². The molecule has 0 spiro atoms. The highest BCUT2D eigenvalue weighted by Gasteiger charge is 2.30. The van der Waals surface area contributed by atoms with Crippen LogP contribution in [-0.4, -0.2) is 104 Å². The summed E-state index contributed by atoms with van der Waals surface area (Å²) in [4.78, 5) is 37.6. The SMILES string of the molecule is CC(C(=O)O)N1CCN(C(C)C(=O)O)CCS(=S)N(C(C)C(=O)O)CC1. The highest BCUT2D eigenvalue weighted by Crippen LogP contribution is 2.12. The molecule has 4 atom stereocenters. The molecule has 0 amide bonds. The van der Waals surface area contributed by atoms with Gasteiger partial charge in [-0.05, 0) is 32.0 Å². The fourth-order valence-corrected chi connectivity index (χ4v) is 4.89. The highest BCUT2D eigenvalue weighted by molar-refractivity contribution is 8.27. The molecule has 4 unspecified atom stereocenters. The van der Waals surface area contributed by atoms with Crippen molar-refractivity contribution in [3.8, 4) is 0 Å². The van der Waals surface area contributed by atoms with Crippen LogP contribution >= 0.6 is 0 Å². The largest absolute Gasteiger partial charge is 0.480 e. The molecule has 0 aromatic rings. The summed E-state index contributed by atoms with van der Waals surface area (Å²) in [5.41, 5.74) is 0. The average Bonchev–Trinajstić information content (AvgIpc) is 2.57. The molecular weight excluding hydrogens is 382 g/mol. The third kappa shape index (κ3) is 6.23. The van der Waals surface area contributed by atoms with Crippen molar-refractivity contribution in [2.75, 3.05) is 38.5 Å². The monoisotopic (exact) mass is 409 g/mol. The van der Waals surface area contributed by atoms with Gasteiger partial charge in [0, 0.05) is 38.5 Å². The summed E-state index contributed by atoms with van der Waals surface area (Å²) >= 11 is 5.50. The van der Waals surface area contributed by atoms with E-state index in [0.717, 1.165) is 0 Å². The number of rotatable bonds is 6. The van der Waals surface area contributed by atoms with Gasteiger partial charge in [0.15, 0.2) is 0 Å². The second kappa shape index (κ2) is 10.3. The van der Waals surface area contributed by atoms with Crippen LogP contribution in [0.25, 0.3) is 0 Å². The first-order valence-electron chi connectivity index (χ1n) is 8.37. The lowest BCUT2D eigenvalue weighted by Crippen LogP contribution is -2.53.